The maximum atomic E-state index is 11.0. The first-order valence-electron chi connectivity index (χ1n) is 5.10. The minimum absolute atomic E-state index is 0.360. The molecule has 0 unspecified atom stereocenters. The van der Waals surface area contributed by atoms with Gasteiger partial charge >= 0.3 is 5.97 Å². The molecule has 0 bridgehead atoms. The van der Waals surface area contributed by atoms with Crippen LogP contribution in [0, 0.1) is 5.41 Å². The normalized spacial score (nSPS) is 19.4. The average molecular weight is 201 g/mol. The Bertz CT molecular complexity index is 202. The summed E-state index contributed by atoms with van der Waals surface area (Å²) in [5.41, 5.74) is -0.636. The maximum absolute atomic E-state index is 11.0. The van der Waals surface area contributed by atoms with Crippen LogP contribution in [0.4, 0.5) is 0 Å². The monoisotopic (exact) mass is 201 g/mol. The third kappa shape index (κ3) is 2.45. The molecule has 0 aromatic heterocycles. The summed E-state index contributed by atoms with van der Waals surface area (Å²) < 4.78 is 5.00. The van der Waals surface area contributed by atoms with Gasteiger partial charge in [-0.3, -0.25) is 4.79 Å². The Hall–Kier alpha value is -0.610. The molecule has 0 spiro atoms. The first kappa shape index (κ1) is 11.5. The molecule has 0 aliphatic carbocycles. The lowest BCUT2D eigenvalue weighted by molar-refractivity contribution is -0.182. The largest absolute Gasteiger partial charge is 0.481 e. The van der Waals surface area contributed by atoms with E-state index < -0.39 is 11.4 Å². The highest BCUT2D eigenvalue weighted by atomic mass is 16.5. The molecule has 0 aromatic rings. The molecule has 1 aliphatic rings. The Kier molecular flexibility index (Phi) is 3.89. The number of hydrogen-bond acceptors (Lipinski definition) is 3. The van der Waals surface area contributed by atoms with Gasteiger partial charge in [-0.2, -0.15) is 0 Å². The lowest BCUT2D eigenvalue weighted by atomic mass is 9.85. The smallest absolute Gasteiger partial charge is 0.315 e. The maximum Gasteiger partial charge on any atom is 0.315 e. The van der Waals surface area contributed by atoms with E-state index in [4.69, 9.17) is 9.84 Å². The van der Waals surface area contributed by atoms with Crippen molar-refractivity contribution in [2.75, 3.05) is 33.4 Å². The number of aliphatic carboxylic acids is 1. The number of carbonyl (C=O) groups is 1. The van der Waals surface area contributed by atoms with Gasteiger partial charge in [0.25, 0.3) is 0 Å². The zero-order valence-electron chi connectivity index (χ0n) is 8.95. The van der Waals surface area contributed by atoms with E-state index in [9.17, 15) is 4.79 Å². The van der Waals surface area contributed by atoms with Gasteiger partial charge in [-0.05, 0) is 20.0 Å². The highest BCUT2D eigenvalue weighted by Gasteiger charge is 2.46. The van der Waals surface area contributed by atoms with E-state index in [-0.39, 0.29) is 0 Å². The molecule has 1 heterocycles. The average Bonchev–Trinajstić information content (AvgIpc) is 2.07. The van der Waals surface area contributed by atoms with Gasteiger partial charge in [-0.1, -0.05) is 13.3 Å². The molecular weight excluding hydrogens is 182 g/mol. The first-order valence-corrected chi connectivity index (χ1v) is 5.10. The topological polar surface area (TPSA) is 49.8 Å². The molecule has 1 saturated heterocycles. The van der Waals surface area contributed by atoms with Crippen LogP contribution in [0.25, 0.3) is 0 Å². The van der Waals surface area contributed by atoms with Gasteiger partial charge in [0, 0.05) is 6.54 Å². The molecule has 1 rings (SSSR count). The molecule has 82 valence electrons. The third-order valence-corrected chi connectivity index (χ3v) is 2.68. The number of ether oxygens (including phenoxy) is 1. The molecule has 1 aliphatic heterocycles. The zero-order chi connectivity index (χ0) is 10.6. The summed E-state index contributed by atoms with van der Waals surface area (Å²) in [6, 6.07) is 0. The van der Waals surface area contributed by atoms with E-state index in [2.05, 4.69) is 11.8 Å². The Morgan fingerprint density at radius 3 is 2.57 bits per heavy atom. The van der Waals surface area contributed by atoms with Crippen molar-refractivity contribution in [3.63, 3.8) is 0 Å². The summed E-state index contributed by atoms with van der Waals surface area (Å²) in [7, 11) is 1.97. The second kappa shape index (κ2) is 4.75. The van der Waals surface area contributed by atoms with Crippen LogP contribution in [-0.4, -0.2) is 49.3 Å². The lowest BCUT2D eigenvalue weighted by Crippen LogP contribution is -2.55. The number of unbranched alkanes of at least 4 members (excludes halogenated alkanes) is 1. The molecule has 0 radical (unpaired) electrons. The van der Waals surface area contributed by atoms with Crippen molar-refractivity contribution >= 4 is 5.97 Å². The molecular formula is C10H19NO3. The zero-order valence-corrected chi connectivity index (χ0v) is 8.95. The number of carboxylic acids is 1. The SMILES string of the molecule is CCCCN(C)CC1(C(=O)O)COC1. The Balaban J connectivity index is 2.36. The van der Waals surface area contributed by atoms with Crippen molar-refractivity contribution in [2.24, 2.45) is 5.41 Å². The number of nitrogens with zero attached hydrogens (tertiary/aromatic N) is 1. The fourth-order valence-electron chi connectivity index (χ4n) is 1.65. The van der Waals surface area contributed by atoms with Crippen molar-refractivity contribution in [1.29, 1.82) is 0 Å². The van der Waals surface area contributed by atoms with Crippen LogP contribution in [0.3, 0.4) is 0 Å². The Morgan fingerprint density at radius 2 is 2.21 bits per heavy atom. The molecule has 0 amide bonds. The summed E-state index contributed by atoms with van der Waals surface area (Å²) in [6.45, 7) is 4.42. The molecule has 4 heteroatoms. The van der Waals surface area contributed by atoms with E-state index in [1.54, 1.807) is 0 Å². The van der Waals surface area contributed by atoms with Gasteiger partial charge in [0.2, 0.25) is 0 Å². The van der Waals surface area contributed by atoms with Crippen molar-refractivity contribution in [3.05, 3.63) is 0 Å². The van der Waals surface area contributed by atoms with E-state index in [0.29, 0.717) is 19.8 Å². The molecule has 0 atom stereocenters. The standard InChI is InChI=1S/C10H19NO3/c1-3-4-5-11(2)6-10(9(12)13)7-14-8-10/h3-8H2,1-2H3,(H,12,13). The minimum Gasteiger partial charge on any atom is -0.481 e. The molecule has 0 aromatic carbocycles. The number of hydrogen-bond donors (Lipinski definition) is 1. The summed E-state index contributed by atoms with van der Waals surface area (Å²) in [5.74, 6) is -0.730. The van der Waals surface area contributed by atoms with Gasteiger partial charge < -0.3 is 14.7 Å². The van der Waals surface area contributed by atoms with Crippen molar-refractivity contribution in [3.8, 4) is 0 Å². The van der Waals surface area contributed by atoms with Crippen molar-refractivity contribution in [1.82, 2.24) is 4.90 Å². The molecule has 4 nitrogen and oxygen atoms in total. The summed E-state index contributed by atoms with van der Waals surface area (Å²) in [4.78, 5) is 13.1. The molecule has 1 fully saturated rings. The lowest BCUT2D eigenvalue weighted by Gasteiger charge is -2.40. The molecule has 1 N–H and O–H groups in total. The number of rotatable bonds is 6. The van der Waals surface area contributed by atoms with Crippen LogP contribution in [0.15, 0.2) is 0 Å². The van der Waals surface area contributed by atoms with E-state index in [1.807, 2.05) is 7.05 Å². The Labute approximate surface area is 84.8 Å². The Morgan fingerprint density at radius 1 is 1.57 bits per heavy atom. The van der Waals surface area contributed by atoms with Crippen molar-refractivity contribution in [2.45, 2.75) is 19.8 Å². The van der Waals surface area contributed by atoms with E-state index >= 15 is 0 Å². The van der Waals surface area contributed by atoms with Gasteiger partial charge in [-0.15, -0.1) is 0 Å². The van der Waals surface area contributed by atoms with Crippen LogP contribution in [0.5, 0.6) is 0 Å². The molecule has 14 heavy (non-hydrogen) atoms. The minimum atomic E-state index is -0.730. The van der Waals surface area contributed by atoms with Crippen LogP contribution in [0.2, 0.25) is 0 Å². The second-order valence-corrected chi connectivity index (χ2v) is 4.17. The number of carboxylic acid groups (broad SMARTS) is 1. The van der Waals surface area contributed by atoms with Crippen molar-refractivity contribution < 1.29 is 14.6 Å². The first-order chi connectivity index (χ1) is 6.60. The fourth-order valence-corrected chi connectivity index (χ4v) is 1.65. The second-order valence-electron chi connectivity index (χ2n) is 4.17. The highest BCUT2D eigenvalue weighted by Crippen LogP contribution is 2.28. The van der Waals surface area contributed by atoms with Gasteiger partial charge in [0.15, 0.2) is 0 Å². The summed E-state index contributed by atoms with van der Waals surface area (Å²) >= 11 is 0. The third-order valence-electron chi connectivity index (χ3n) is 2.68. The van der Waals surface area contributed by atoms with Crippen LogP contribution < -0.4 is 0 Å². The quantitative estimate of drug-likeness (QED) is 0.691. The molecule has 0 saturated carbocycles. The van der Waals surface area contributed by atoms with Gasteiger partial charge in [0.1, 0.15) is 5.41 Å². The predicted octanol–water partition coefficient (Wildman–Crippen LogP) is 0.820. The predicted molar refractivity (Wildman–Crippen MR) is 53.3 cm³/mol. The summed E-state index contributed by atoms with van der Waals surface area (Å²) in [6.07, 6.45) is 2.26. The van der Waals surface area contributed by atoms with E-state index in [0.717, 1.165) is 19.4 Å². The highest BCUT2D eigenvalue weighted by molar-refractivity contribution is 5.76. The van der Waals surface area contributed by atoms with Crippen LogP contribution in [-0.2, 0) is 9.53 Å². The van der Waals surface area contributed by atoms with Crippen LogP contribution >= 0.6 is 0 Å². The van der Waals surface area contributed by atoms with Gasteiger partial charge in [-0.25, -0.2) is 0 Å². The van der Waals surface area contributed by atoms with Gasteiger partial charge in [0.05, 0.1) is 13.2 Å². The fraction of sp³-hybridized carbons (Fsp3) is 0.900. The van der Waals surface area contributed by atoms with Crippen LogP contribution in [0.1, 0.15) is 19.8 Å². The summed E-state index contributed by atoms with van der Waals surface area (Å²) in [5, 5.41) is 9.05. The van der Waals surface area contributed by atoms with E-state index in [1.165, 1.54) is 0 Å².